The van der Waals surface area contributed by atoms with E-state index in [4.69, 9.17) is 0 Å². The number of rotatable bonds is 1. The topological polar surface area (TPSA) is 29.1 Å². The largest absolute Gasteiger partial charge is 0.307 e. The fourth-order valence-electron chi connectivity index (χ4n) is 2.11. The molecular weight excluding hydrogens is 126 g/mol. The molecule has 0 radical (unpaired) electrons. The Kier molecular flexibility index (Phi) is 1.31. The summed E-state index contributed by atoms with van der Waals surface area (Å²) in [5, 5.41) is 3.23. The van der Waals surface area contributed by atoms with E-state index in [0.29, 0.717) is 5.41 Å². The standard InChI is InChI=1S/C8H13NO/c10-5-7-4-8(6-9-7)2-1-3-8/h5,7,9H,1-4,6H2. The smallest absolute Gasteiger partial charge is 0.136 e. The van der Waals surface area contributed by atoms with Crippen molar-refractivity contribution < 1.29 is 4.79 Å². The van der Waals surface area contributed by atoms with E-state index >= 15 is 0 Å². The Labute approximate surface area is 61.0 Å². The number of hydrogen-bond donors (Lipinski definition) is 1. The third kappa shape index (κ3) is 0.788. The molecule has 1 atom stereocenters. The number of nitrogens with one attached hydrogen (secondary N) is 1. The maximum Gasteiger partial charge on any atom is 0.136 e. The highest BCUT2D eigenvalue weighted by molar-refractivity contribution is 5.58. The SMILES string of the molecule is O=CC1CC2(CCC2)CN1. The molecule has 1 saturated carbocycles. The molecule has 2 nitrogen and oxygen atoms in total. The van der Waals surface area contributed by atoms with Crippen LogP contribution < -0.4 is 5.32 Å². The van der Waals surface area contributed by atoms with E-state index in [1.165, 1.54) is 19.3 Å². The molecule has 2 rings (SSSR count). The number of carbonyl (C=O) groups excluding carboxylic acids is 1. The molecule has 10 heavy (non-hydrogen) atoms. The lowest BCUT2D eigenvalue weighted by Crippen LogP contribution is -2.31. The van der Waals surface area contributed by atoms with E-state index in [1.807, 2.05) is 0 Å². The van der Waals surface area contributed by atoms with E-state index in [1.54, 1.807) is 0 Å². The first kappa shape index (κ1) is 6.35. The zero-order valence-electron chi connectivity index (χ0n) is 6.10. The zero-order valence-corrected chi connectivity index (χ0v) is 6.10. The summed E-state index contributed by atoms with van der Waals surface area (Å²) in [6.07, 6.45) is 6.19. The summed E-state index contributed by atoms with van der Waals surface area (Å²) in [7, 11) is 0. The molecule has 1 aliphatic heterocycles. The van der Waals surface area contributed by atoms with Gasteiger partial charge >= 0.3 is 0 Å². The highest BCUT2D eigenvalue weighted by Crippen LogP contribution is 2.46. The molecule has 0 aromatic carbocycles. The van der Waals surface area contributed by atoms with Crippen molar-refractivity contribution in [3.63, 3.8) is 0 Å². The number of aldehydes is 1. The molecular formula is C8H13NO. The van der Waals surface area contributed by atoms with Crippen LogP contribution >= 0.6 is 0 Å². The van der Waals surface area contributed by atoms with Gasteiger partial charge in [-0.15, -0.1) is 0 Å². The Hall–Kier alpha value is -0.370. The molecule has 2 heteroatoms. The van der Waals surface area contributed by atoms with Gasteiger partial charge in [-0.2, -0.15) is 0 Å². The molecule has 1 aliphatic carbocycles. The Balaban J connectivity index is 1.98. The molecule has 0 bridgehead atoms. The van der Waals surface area contributed by atoms with Crippen LogP contribution in [-0.4, -0.2) is 18.9 Å². The van der Waals surface area contributed by atoms with E-state index in [9.17, 15) is 4.79 Å². The second-order valence-electron chi connectivity index (χ2n) is 3.68. The van der Waals surface area contributed by atoms with Crippen molar-refractivity contribution in [2.75, 3.05) is 6.54 Å². The number of hydrogen-bond acceptors (Lipinski definition) is 2. The zero-order chi connectivity index (χ0) is 7.03. The van der Waals surface area contributed by atoms with Crippen molar-refractivity contribution in [3.8, 4) is 0 Å². The molecule has 2 fully saturated rings. The van der Waals surface area contributed by atoms with Crippen molar-refractivity contribution in [2.24, 2.45) is 5.41 Å². The van der Waals surface area contributed by atoms with Crippen molar-refractivity contribution >= 4 is 6.29 Å². The highest BCUT2D eigenvalue weighted by Gasteiger charge is 2.43. The summed E-state index contributed by atoms with van der Waals surface area (Å²) in [6, 6.07) is 0.167. The average molecular weight is 139 g/mol. The third-order valence-electron chi connectivity index (χ3n) is 2.97. The third-order valence-corrected chi connectivity index (χ3v) is 2.97. The van der Waals surface area contributed by atoms with Gasteiger partial charge in [0.15, 0.2) is 0 Å². The lowest BCUT2D eigenvalue weighted by atomic mass is 9.68. The van der Waals surface area contributed by atoms with Gasteiger partial charge in [-0.25, -0.2) is 0 Å². The Morgan fingerprint density at radius 2 is 2.30 bits per heavy atom. The van der Waals surface area contributed by atoms with Gasteiger partial charge in [0.2, 0.25) is 0 Å². The van der Waals surface area contributed by atoms with Gasteiger partial charge in [-0.1, -0.05) is 6.42 Å². The van der Waals surface area contributed by atoms with Crippen LogP contribution in [0, 0.1) is 5.41 Å². The Bertz CT molecular complexity index is 151. The molecule has 2 aliphatic rings. The van der Waals surface area contributed by atoms with Crippen LogP contribution in [0.1, 0.15) is 25.7 Å². The fourth-order valence-corrected chi connectivity index (χ4v) is 2.11. The average Bonchev–Trinajstić information content (AvgIpc) is 2.29. The van der Waals surface area contributed by atoms with Crippen molar-refractivity contribution in [1.82, 2.24) is 5.32 Å². The normalized spacial score (nSPS) is 35.8. The minimum absolute atomic E-state index is 0.167. The van der Waals surface area contributed by atoms with Crippen LogP contribution in [-0.2, 0) is 4.79 Å². The molecule has 0 amide bonds. The molecule has 1 N–H and O–H groups in total. The maximum atomic E-state index is 10.4. The molecule has 0 aromatic heterocycles. The predicted molar refractivity (Wildman–Crippen MR) is 38.8 cm³/mol. The van der Waals surface area contributed by atoms with Gasteiger partial charge in [0.1, 0.15) is 6.29 Å². The van der Waals surface area contributed by atoms with Crippen LogP contribution in [0.3, 0.4) is 0 Å². The lowest BCUT2D eigenvalue weighted by molar-refractivity contribution is -0.109. The highest BCUT2D eigenvalue weighted by atomic mass is 16.1. The van der Waals surface area contributed by atoms with Gasteiger partial charge in [0.25, 0.3) is 0 Å². The van der Waals surface area contributed by atoms with Crippen LogP contribution in [0.2, 0.25) is 0 Å². The van der Waals surface area contributed by atoms with Crippen molar-refractivity contribution in [2.45, 2.75) is 31.7 Å². The molecule has 1 heterocycles. The molecule has 56 valence electrons. The minimum atomic E-state index is 0.167. The summed E-state index contributed by atoms with van der Waals surface area (Å²) < 4.78 is 0. The lowest BCUT2D eigenvalue weighted by Gasteiger charge is -2.37. The molecule has 1 unspecified atom stereocenters. The predicted octanol–water partition coefficient (Wildman–Crippen LogP) is 0.718. The minimum Gasteiger partial charge on any atom is -0.307 e. The van der Waals surface area contributed by atoms with Crippen LogP contribution in [0.5, 0.6) is 0 Å². The van der Waals surface area contributed by atoms with Gasteiger partial charge in [-0.3, -0.25) is 0 Å². The second kappa shape index (κ2) is 2.06. The van der Waals surface area contributed by atoms with Crippen LogP contribution in [0.15, 0.2) is 0 Å². The second-order valence-corrected chi connectivity index (χ2v) is 3.68. The van der Waals surface area contributed by atoms with Gasteiger partial charge in [-0.05, 0) is 24.7 Å². The van der Waals surface area contributed by atoms with E-state index in [-0.39, 0.29) is 6.04 Å². The van der Waals surface area contributed by atoms with Gasteiger partial charge in [0, 0.05) is 6.54 Å². The molecule has 1 saturated heterocycles. The fraction of sp³-hybridized carbons (Fsp3) is 0.875. The van der Waals surface area contributed by atoms with Crippen LogP contribution in [0.4, 0.5) is 0 Å². The van der Waals surface area contributed by atoms with Crippen molar-refractivity contribution in [3.05, 3.63) is 0 Å². The summed E-state index contributed by atoms with van der Waals surface area (Å²) in [6.45, 7) is 1.08. The summed E-state index contributed by atoms with van der Waals surface area (Å²) in [5.74, 6) is 0. The van der Waals surface area contributed by atoms with E-state index < -0.39 is 0 Å². The van der Waals surface area contributed by atoms with Gasteiger partial charge in [0.05, 0.1) is 6.04 Å². The summed E-state index contributed by atoms with van der Waals surface area (Å²) >= 11 is 0. The number of carbonyl (C=O) groups is 1. The van der Waals surface area contributed by atoms with E-state index in [0.717, 1.165) is 19.3 Å². The molecule has 1 spiro atoms. The molecule has 0 aromatic rings. The Morgan fingerprint density at radius 1 is 1.50 bits per heavy atom. The monoisotopic (exact) mass is 139 g/mol. The first-order chi connectivity index (χ1) is 4.85. The van der Waals surface area contributed by atoms with E-state index in [2.05, 4.69) is 5.32 Å². The van der Waals surface area contributed by atoms with Gasteiger partial charge < -0.3 is 10.1 Å². The quantitative estimate of drug-likeness (QED) is 0.542. The summed E-state index contributed by atoms with van der Waals surface area (Å²) in [4.78, 5) is 10.4. The first-order valence-electron chi connectivity index (χ1n) is 4.03. The Morgan fingerprint density at radius 3 is 2.60 bits per heavy atom. The van der Waals surface area contributed by atoms with Crippen molar-refractivity contribution in [1.29, 1.82) is 0 Å². The van der Waals surface area contributed by atoms with Crippen LogP contribution in [0.25, 0.3) is 0 Å². The summed E-state index contributed by atoms with van der Waals surface area (Å²) in [5.41, 5.74) is 0.547. The first-order valence-corrected chi connectivity index (χ1v) is 4.03. The maximum absolute atomic E-state index is 10.4.